The van der Waals surface area contributed by atoms with Crippen LogP contribution in [0.1, 0.15) is 41.8 Å². The lowest BCUT2D eigenvalue weighted by molar-refractivity contribution is 0.703. The molecular weight excluding hydrogens is 226 g/mol. The van der Waals surface area contributed by atoms with Crippen LogP contribution in [-0.4, -0.2) is 7.05 Å². The lowest BCUT2D eigenvalue weighted by Gasteiger charge is -2.16. The van der Waals surface area contributed by atoms with E-state index in [2.05, 4.69) is 60.9 Å². The molecule has 0 saturated heterocycles. The first-order valence-corrected chi connectivity index (χ1v) is 6.91. The van der Waals surface area contributed by atoms with Crippen LogP contribution in [-0.2, 0) is 0 Å². The van der Waals surface area contributed by atoms with Gasteiger partial charge in [0.25, 0.3) is 0 Å². The summed E-state index contributed by atoms with van der Waals surface area (Å²) in [7, 11) is 2.01. The van der Waals surface area contributed by atoms with Gasteiger partial charge in [-0.3, -0.25) is 0 Å². The van der Waals surface area contributed by atoms with E-state index in [0.717, 1.165) is 0 Å². The summed E-state index contributed by atoms with van der Waals surface area (Å²) in [4.78, 5) is 1.37. The quantitative estimate of drug-likeness (QED) is 0.852. The van der Waals surface area contributed by atoms with Gasteiger partial charge < -0.3 is 5.32 Å². The fourth-order valence-electron chi connectivity index (χ4n) is 2.00. The van der Waals surface area contributed by atoms with E-state index >= 15 is 0 Å². The zero-order valence-corrected chi connectivity index (χ0v) is 11.4. The van der Waals surface area contributed by atoms with Crippen LogP contribution < -0.4 is 5.32 Å². The summed E-state index contributed by atoms with van der Waals surface area (Å²) in [5.74, 6) is 0.596. The van der Waals surface area contributed by atoms with Crippen LogP contribution in [0.5, 0.6) is 0 Å². The van der Waals surface area contributed by atoms with Gasteiger partial charge >= 0.3 is 0 Å². The molecular formula is C15H19NS. The molecule has 0 aliphatic carbocycles. The van der Waals surface area contributed by atoms with Gasteiger partial charge in [0.1, 0.15) is 0 Å². The number of rotatable bonds is 4. The third-order valence-corrected chi connectivity index (χ3v) is 3.99. The van der Waals surface area contributed by atoms with Crippen LogP contribution in [0, 0.1) is 0 Å². The summed E-state index contributed by atoms with van der Waals surface area (Å²) in [6.07, 6.45) is 0. The summed E-state index contributed by atoms with van der Waals surface area (Å²) in [5, 5.41) is 5.51. The smallest absolute Gasteiger partial charge is 0.0668 e. The monoisotopic (exact) mass is 245 g/mol. The highest BCUT2D eigenvalue weighted by Gasteiger charge is 2.12. The minimum Gasteiger partial charge on any atom is -0.309 e. The summed E-state index contributed by atoms with van der Waals surface area (Å²) < 4.78 is 0. The molecule has 2 aromatic rings. The Balaban J connectivity index is 2.26. The Morgan fingerprint density at radius 3 is 2.12 bits per heavy atom. The van der Waals surface area contributed by atoms with E-state index in [-0.39, 0.29) is 0 Å². The zero-order valence-electron chi connectivity index (χ0n) is 10.6. The third-order valence-electron chi connectivity index (χ3n) is 3.05. The Morgan fingerprint density at radius 1 is 1.00 bits per heavy atom. The predicted molar refractivity (Wildman–Crippen MR) is 75.8 cm³/mol. The second-order valence-electron chi connectivity index (χ2n) is 4.56. The van der Waals surface area contributed by atoms with Crippen molar-refractivity contribution in [2.45, 2.75) is 25.8 Å². The van der Waals surface area contributed by atoms with Crippen LogP contribution in [0.15, 0.2) is 41.8 Å². The van der Waals surface area contributed by atoms with Gasteiger partial charge in [-0.05, 0) is 35.5 Å². The first-order chi connectivity index (χ1) is 8.22. The van der Waals surface area contributed by atoms with E-state index in [1.54, 1.807) is 11.3 Å². The van der Waals surface area contributed by atoms with Crippen molar-refractivity contribution in [1.29, 1.82) is 0 Å². The summed E-state index contributed by atoms with van der Waals surface area (Å²) in [6, 6.07) is 13.5. The SMILES string of the molecule is CNC(c1ccc(C(C)C)cc1)c1cccs1. The Hall–Kier alpha value is -1.12. The van der Waals surface area contributed by atoms with Gasteiger partial charge in [-0.2, -0.15) is 0 Å². The first kappa shape index (κ1) is 12.3. The van der Waals surface area contributed by atoms with Gasteiger partial charge in [-0.1, -0.05) is 44.2 Å². The van der Waals surface area contributed by atoms with Crippen molar-refractivity contribution in [2.75, 3.05) is 7.05 Å². The number of hydrogen-bond donors (Lipinski definition) is 1. The average Bonchev–Trinajstić information content (AvgIpc) is 2.84. The van der Waals surface area contributed by atoms with Gasteiger partial charge in [-0.25, -0.2) is 0 Å². The molecule has 0 saturated carbocycles. The molecule has 17 heavy (non-hydrogen) atoms. The van der Waals surface area contributed by atoms with Gasteiger partial charge in [0.2, 0.25) is 0 Å². The number of hydrogen-bond acceptors (Lipinski definition) is 2. The van der Waals surface area contributed by atoms with E-state index < -0.39 is 0 Å². The minimum atomic E-state index is 0.316. The highest BCUT2D eigenvalue weighted by Crippen LogP contribution is 2.26. The molecule has 90 valence electrons. The van der Waals surface area contributed by atoms with E-state index in [1.165, 1.54) is 16.0 Å². The summed E-state index contributed by atoms with van der Waals surface area (Å²) >= 11 is 1.80. The van der Waals surface area contributed by atoms with E-state index in [1.807, 2.05) is 7.05 Å². The fraction of sp³-hybridized carbons (Fsp3) is 0.333. The highest BCUT2D eigenvalue weighted by atomic mass is 32.1. The molecule has 0 fully saturated rings. The predicted octanol–water partition coefficient (Wildman–Crippen LogP) is 4.18. The van der Waals surface area contributed by atoms with Gasteiger partial charge in [0.15, 0.2) is 0 Å². The molecule has 1 heterocycles. The lowest BCUT2D eigenvalue weighted by atomic mass is 9.98. The molecule has 1 unspecified atom stereocenters. The van der Waals surface area contributed by atoms with Crippen molar-refractivity contribution in [3.63, 3.8) is 0 Å². The van der Waals surface area contributed by atoms with Gasteiger partial charge in [-0.15, -0.1) is 11.3 Å². The standard InChI is InChI=1S/C15H19NS/c1-11(2)12-6-8-13(9-7-12)15(16-3)14-5-4-10-17-14/h4-11,15-16H,1-3H3. The minimum absolute atomic E-state index is 0.316. The molecule has 1 atom stereocenters. The van der Waals surface area contributed by atoms with Crippen molar-refractivity contribution in [2.24, 2.45) is 0 Å². The van der Waals surface area contributed by atoms with Crippen LogP contribution >= 0.6 is 11.3 Å². The van der Waals surface area contributed by atoms with Crippen LogP contribution in [0.3, 0.4) is 0 Å². The molecule has 2 rings (SSSR count). The maximum absolute atomic E-state index is 3.38. The molecule has 0 spiro atoms. The Labute approximate surface area is 108 Å². The zero-order chi connectivity index (χ0) is 12.3. The molecule has 0 aliphatic heterocycles. The number of benzene rings is 1. The molecule has 0 radical (unpaired) electrons. The molecule has 0 bridgehead atoms. The largest absolute Gasteiger partial charge is 0.309 e. The van der Waals surface area contributed by atoms with Crippen molar-refractivity contribution in [3.05, 3.63) is 57.8 Å². The number of thiophene rings is 1. The lowest BCUT2D eigenvalue weighted by Crippen LogP contribution is -2.16. The number of nitrogens with one attached hydrogen (secondary N) is 1. The summed E-state index contributed by atoms with van der Waals surface area (Å²) in [5.41, 5.74) is 2.73. The second kappa shape index (κ2) is 5.48. The van der Waals surface area contributed by atoms with Crippen molar-refractivity contribution < 1.29 is 0 Å². The fourth-order valence-corrected chi connectivity index (χ4v) is 2.86. The van der Waals surface area contributed by atoms with E-state index in [9.17, 15) is 0 Å². The van der Waals surface area contributed by atoms with E-state index in [4.69, 9.17) is 0 Å². The van der Waals surface area contributed by atoms with Crippen LogP contribution in [0.25, 0.3) is 0 Å². The topological polar surface area (TPSA) is 12.0 Å². The molecule has 1 aromatic heterocycles. The third kappa shape index (κ3) is 2.76. The molecule has 2 heteroatoms. The van der Waals surface area contributed by atoms with Crippen LogP contribution in [0.2, 0.25) is 0 Å². The van der Waals surface area contributed by atoms with Gasteiger partial charge in [0.05, 0.1) is 6.04 Å². The van der Waals surface area contributed by atoms with Crippen molar-refractivity contribution in [1.82, 2.24) is 5.32 Å². The molecule has 1 N–H and O–H groups in total. The highest BCUT2D eigenvalue weighted by molar-refractivity contribution is 7.10. The van der Waals surface area contributed by atoms with Gasteiger partial charge in [0, 0.05) is 4.88 Å². The Bertz CT molecular complexity index is 442. The normalized spacial score (nSPS) is 12.9. The average molecular weight is 245 g/mol. The maximum atomic E-state index is 3.38. The second-order valence-corrected chi connectivity index (χ2v) is 5.54. The Kier molecular flexibility index (Phi) is 3.97. The summed E-state index contributed by atoms with van der Waals surface area (Å²) in [6.45, 7) is 4.45. The van der Waals surface area contributed by atoms with Crippen LogP contribution in [0.4, 0.5) is 0 Å². The molecule has 1 nitrogen and oxygen atoms in total. The van der Waals surface area contributed by atoms with Crippen molar-refractivity contribution >= 4 is 11.3 Å². The Morgan fingerprint density at radius 2 is 1.65 bits per heavy atom. The van der Waals surface area contributed by atoms with Crippen molar-refractivity contribution in [3.8, 4) is 0 Å². The molecule has 0 aliphatic rings. The molecule has 0 amide bonds. The molecule has 1 aromatic carbocycles. The van der Waals surface area contributed by atoms with E-state index in [0.29, 0.717) is 12.0 Å². The first-order valence-electron chi connectivity index (χ1n) is 6.03. The maximum Gasteiger partial charge on any atom is 0.0668 e.